The van der Waals surface area contributed by atoms with E-state index in [1.165, 1.54) is 10.5 Å². The number of amides is 2. The first kappa shape index (κ1) is 22.0. The fraction of sp³-hybridized carbons (Fsp3) is 0.400. The summed E-state index contributed by atoms with van der Waals surface area (Å²) in [6, 6.07) is 15.4. The van der Waals surface area contributed by atoms with Gasteiger partial charge in [0.2, 0.25) is 5.91 Å². The molecule has 0 N–H and O–H groups in total. The van der Waals surface area contributed by atoms with E-state index in [4.69, 9.17) is 4.74 Å². The number of likely N-dealkylation sites (N-methyl/N-ethyl adjacent to an activating group) is 1. The van der Waals surface area contributed by atoms with E-state index >= 15 is 0 Å². The Morgan fingerprint density at radius 1 is 1.00 bits per heavy atom. The van der Waals surface area contributed by atoms with E-state index in [0.717, 1.165) is 19.6 Å². The van der Waals surface area contributed by atoms with Crippen LogP contribution in [0.15, 0.2) is 48.5 Å². The van der Waals surface area contributed by atoms with Gasteiger partial charge in [0, 0.05) is 58.2 Å². The van der Waals surface area contributed by atoms with Crippen molar-refractivity contribution in [2.24, 2.45) is 0 Å². The Morgan fingerprint density at radius 2 is 1.72 bits per heavy atom. The lowest BCUT2D eigenvalue weighted by atomic mass is 10.0. The predicted octanol–water partition coefficient (Wildman–Crippen LogP) is 2.74. The molecule has 0 saturated carbocycles. The monoisotopic (exact) mass is 435 g/mol. The fourth-order valence-electron chi connectivity index (χ4n) is 4.20. The average Bonchev–Trinajstić information content (AvgIpc) is 2.82. The van der Waals surface area contributed by atoms with Gasteiger partial charge in [-0.15, -0.1) is 0 Å². The second-order valence-corrected chi connectivity index (χ2v) is 8.41. The van der Waals surface area contributed by atoms with Gasteiger partial charge in [0.1, 0.15) is 5.75 Å². The Bertz CT molecular complexity index is 1000. The average molecular weight is 436 g/mol. The molecule has 0 bridgehead atoms. The highest BCUT2D eigenvalue weighted by Crippen LogP contribution is 2.34. The van der Waals surface area contributed by atoms with Crippen LogP contribution >= 0.6 is 0 Å². The first-order valence-corrected chi connectivity index (χ1v) is 11.1. The summed E-state index contributed by atoms with van der Waals surface area (Å²) in [5.74, 6) is 0.341. The molecule has 1 saturated heterocycles. The van der Waals surface area contributed by atoms with Crippen molar-refractivity contribution in [1.29, 1.82) is 0 Å². The van der Waals surface area contributed by atoms with Gasteiger partial charge < -0.3 is 14.5 Å². The van der Waals surface area contributed by atoms with E-state index in [-0.39, 0.29) is 30.4 Å². The molecule has 2 aromatic carbocycles. The molecule has 2 aliphatic rings. The molecule has 0 spiro atoms. The Morgan fingerprint density at radius 3 is 2.44 bits per heavy atom. The molecule has 0 aliphatic carbocycles. The Balaban J connectivity index is 1.27. The molecule has 32 heavy (non-hydrogen) atoms. The number of ketones is 1. The molecule has 2 aromatic rings. The normalized spacial score (nSPS) is 18.8. The summed E-state index contributed by atoms with van der Waals surface area (Å²) >= 11 is 0. The molecule has 1 fully saturated rings. The number of carbonyl (C=O) groups excluding carboxylic acids is 3. The zero-order valence-corrected chi connectivity index (χ0v) is 18.6. The summed E-state index contributed by atoms with van der Waals surface area (Å²) in [7, 11) is 1.68. The van der Waals surface area contributed by atoms with Crippen LogP contribution < -0.4 is 9.64 Å². The van der Waals surface area contributed by atoms with Crippen LogP contribution in [0, 0.1) is 0 Å². The summed E-state index contributed by atoms with van der Waals surface area (Å²) < 4.78 is 5.61. The smallest absolute Gasteiger partial charge is 0.267 e. The highest BCUT2D eigenvalue weighted by molar-refractivity contribution is 6.03. The summed E-state index contributed by atoms with van der Waals surface area (Å²) in [6.07, 6.45) is -0.201. The van der Waals surface area contributed by atoms with E-state index in [0.29, 0.717) is 30.1 Å². The van der Waals surface area contributed by atoms with Gasteiger partial charge in [-0.2, -0.15) is 0 Å². The standard InChI is InChI=1S/C25H29N3O4/c1-18-25(31)26(2)21-16-20(8-10-23(21)32-18)22(29)9-11-24(30)28-14-12-27(13-15-28)17-19-6-4-3-5-7-19/h3-8,10,16,18H,9,11-15,17H2,1-2H3. The molecule has 2 aliphatic heterocycles. The minimum Gasteiger partial charge on any atom is -0.479 e. The van der Waals surface area contributed by atoms with Crippen molar-refractivity contribution in [3.05, 3.63) is 59.7 Å². The molecule has 1 unspecified atom stereocenters. The topological polar surface area (TPSA) is 70.2 Å². The zero-order chi connectivity index (χ0) is 22.7. The van der Waals surface area contributed by atoms with Crippen LogP contribution in [0.25, 0.3) is 0 Å². The molecule has 2 amide bonds. The number of anilines is 1. The molecule has 4 rings (SSSR count). The number of benzene rings is 2. The van der Waals surface area contributed by atoms with Crippen molar-refractivity contribution >= 4 is 23.3 Å². The number of hydrogen-bond acceptors (Lipinski definition) is 5. The van der Waals surface area contributed by atoms with Gasteiger partial charge in [-0.1, -0.05) is 30.3 Å². The number of nitrogens with zero attached hydrogens (tertiary/aromatic N) is 3. The minimum absolute atomic E-state index is 0.0140. The van der Waals surface area contributed by atoms with Gasteiger partial charge in [-0.05, 0) is 30.7 Å². The molecule has 0 aromatic heterocycles. The lowest BCUT2D eigenvalue weighted by molar-refractivity contribution is -0.133. The highest BCUT2D eigenvalue weighted by Gasteiger charge is 2.29. The van der Waals surface area contributed by atoms with Crippen LogP contribution in [0.3, 0.4) is 0 Å². The maximum atomic E-state index is 12.7. The number of rotatable bonds is 6. The Hall–Kier alpha value is -3.19. The second-order valence-electron chi connectivity index (χ2n) is 8.41. The third-order valence-electron chi connectivity index (χ3n) is 6.16. The SMILES string of the molecule is CC1Oc2ccc(C(=O)CCC(=O)N3CCN(Cc4ccccc4)CC3)cc2N(C)C1=O. The summed E-state index contributed by atoms with van der Waals surface area (Å²) in [4.78, 5) is 43.2. The maximum Gasteiger partial charge on any atom is 0.267 e. The number of hydrogen-bond donors (Lipinski definition) is 0. The van der Waals surface area contributed by atoms with Gasteiger partial charge in [0.05, 0.1) is 5.69 Å². The zero-order valence-electron chi connectivity index (χ0n) is 18.6. The van der Waals surface area contributed by atoms with Gasteiger partial charge >= 0.3 is 0 Å². The van der Waals surface area contributed by atoms with Crippen molar-refractivity contribution in [3.8, 4) is 5.75 Å². The van der Waals surface area contributed by atoms with Gasteiger partial charge in [-0.3, -0.25) is 19.3 Å². The number of carbonyl (C=O) groups is 3. The highest BCUT2D eigenvalue weighted by atomic mass is 16.5. The van der Waals surface area contributed by atoms with Crippen molar-refractivity contribution in [2.45, 2.75) is 32.4 Å². The Labute approximate surface area is 188 Å². The first-order chi connectivity index (χ1) is 15.4. The van der Waals surface area contributed by atoms with E-state index < -0.39 is 6.10 Å². The van der Waals surface area contributed by atoms with E-state index in [2.05, 4.69) is 17.0 Å². The molecule has 7 heteroatoms. The molecular formula is C25H29N3O4. The summed E-state index contributed by atoms with van der Waals surface area (Å²) in [5, 5.41) is 0. The van der Waals surface area contributed by atoms with Crippen molar-refractivity contribution in [1.82, 2.24) is 9.80 Å². The lowest BCUT2D eigenvalue weighted by Gasteiger charge is -2.34. The minimum atomic E-state index is -0.542. The molecule has 168 valence electrons. The number of ether oxygens (including phenoxy) is 1. The molecular weight excluding hydrogens is 406 g/mol. The first-order valence-electron chi connectivity index (χ1n) is 11.1. The van der Waals surface area contributed by atoms with Gasteiger partial charge in [0.25, 0.3) is 5.91 Å². The molecule has 1 atom stereocenters. The van der Waals surface area contributed by atoms with Gasteiger partial charge in [-0.25, -0.2) is 0 Å². The van der Waals surface area contributed by atoms with E-state index in [1.54, 1.807) is 32.2 Å². The molecule has 7 nitrogen and oxygen atoms in total. The van der Waals surface area contributed by atoms with E-state index in [1.807, 2.05) is 23.1 Å². The van der Waals surface area contributed by atoms with Crippen LogP contribution in [0.4, 0.5) is 5.69 Å². The fourth-order valence-corrected chi connectivity index (χ4v) is 4.20. The van der Waals surface area contributed by atoms with E-state index in [9.17, 15) is 14.4 Å². The lowest BCUT2D eigenvalue weighted by Crippen LogP contribution is -2.48. The van der Waals surface area contributed by atoms with Crippen LogP contribution in [0.2, 0.25) is 0 Å². The van der Waals surface area contributed by atoms with Crippen LogP contribution in [-0.4, -0.2) is 66.7 Å². The van der Waals surface area contributed by atoms with Gasteiger partial charge in [0.15, 0.2) is 11.9 Å². The third-order valence-corrected chi connectivity index (χ3v) is 6.16. The summed E-state index contributed by atoms with van der Waals surface area (Å²) in [6.45, 7) is 5.62. The van der Waals surface area contributed by atoms with Crippen LogP contribution in [0.1, 0.15) is 35.7 Å². The largest absolute Gasteiger partial charge is 0.479 e. The van der Waals surface area contributed by atoms with Crippen molar-refractivity contribution in [3.63, 3.8) is 0 Å². The number of Topliss-reactive ketones (excluding diaryl/α,β-unsaturated/α-hetero) is 1. The van der Waals surface area contributed by atoms with Crippen LogP contribution in [0.5, 0.6) is 5.75 Å². The van der Waals surface area contributed by atoms with Crippen LogP contribution in [-0.2, 0) is 16.1 Å². The number of fused-ring (bicyclic) bond motifs is 1. The quantitative estimate of drug-likeness (QED) is 0.653. The molecule has 0 radical (unpaired) electrons. The number of piperazine rings is 1. The van der Waals surface area contributed by atoms with Crippen molar-refractivity contribution in [2.75, 3.05) is 38.1 Å². The third kappa shape index (κ3) is 4.83. The maximum absolute atomic E-state index is 12.7. The predicted molar refractivity (Wildman–Crippen MR) is 122 cm³/mol. The van der Waals surface area contributed by atoms with Crippen molar-refractivity contribution < 1.29 is 19.1 Å². The summed E-state index contributed by atoms with van der Waals surface area (Å²) in [5.41, 5.74) is 2.34. The second kappa shape index (κ2) is 9.53. The molecule has 2 heterocycles. The Kier molecular flexibility index (Phi) is 6.55.